The van der Waals surface area contributed by atoms with Crippen molar-refractivity contribution in [2.75, 3.05) is 14.2 Å². The molecule has 2 saturated carbocycles. The zero-order valence-electron chi connectivity index (χ0n) is 15.7. The van der Waals surface area contributed by atoms with Crippen molar-refractivity contribution in [2.24, 2.45) is 29.1 Å². The lowest BCUT2D eigenvalue weighted by Crippen LogP contribution is -2.48. The Morgan fingerprint density at radius 2 is 1.83 bits per heavy atom. The third-order valence-electron chi connectivity index (χ3n) is 8.17. The molecule has 0 heterocycles. The molecule has 0 aromatic heterocycles. The van der Waals surface area contributed by atoms with Crippen LogP contribution < -0.4 is 0 Å². The van der Waals surface area contributed by atoms with Crippen LogP contribution in [0.5, 0.6) is 0 Å². The second-order valence-electron chi connectivity index (χ2n) is 9.01. The van der Waals surface area contributed by atoms with Crippen molar-refractivity contribution in [3.8, 4) is 0 Å². The second kappa shape index (κ2) is 5.67. The SMILES string of the molecule is COC1(OC)CCC2=C(C[C@H](C)[C@@H]3[C@@H]2CC[C@]2(C)C(=O)CC[C@@H]32)C1. The van der Waals surface area contributed by atoms with E-state index in [1.165, 1.54) is 12.8 Å². The van der Waals surface area contributed by atoms with Gasteiger partial charge in [-0.15, -0.1) is 0 Å². The molecular weight excluding hydrogens is 300 g/mol. The molecule has 4 aliphatic carbocycles. The van der Waals surface area contributed by atoms with Gasteiger partial charge in [-0.2, -0.15) is 0 Å². The van der Waals surface area contributed by atoms with Gasteiger partial charge in [0.25, 0.3) is 0 Å². The van der Waals surface area contributed by atoms with E-state index in [1.54, 1.807) is 25.4 Å². The van der Waals surface area contributed by atoms with Gasteiger partial charge < -0.3 is 9.47 Å². The summed E-state index contributed by atoms with van der Waals surface area (Å²) in [6.45, 7) is 4.69. The first-order chi connectivity index (χ1) is 11.4. The molecule has 0 amide bonds. The first-order valence-electron chi connectivity index (χ1n) is 9.78. The molecule has 134 valence electrons. The van der Waals surface area contributed by atoms with Gasteiger partial charge in [0.15, 0.2) is 5.79 Å². The average molecular weight is 332 g/mol. The number of carbonyl (C=O) groups is 1. The third-order valence-corrected chi connectivity index (χ3v) is 8.17. The molecular formula is C21H32O3. The maximum Gasteiger partial charge on any atom is 0.171 e. The van der Waals surface area contributed by atoms with E-state index in [1.807, 2.05) is 0 Å². The van der Waals surface area contributed by atoms with Gasteiger partial charge in [-0.05, 0) is 55.8 Å². The van der Waals surface area contributed by atoms with Crippen molar-refractivity contribution in [1.82, 2.24) is 0 Å². The predicted molar refractivity (Wildman–Crippen MR) is 93.5 cm³/mol. The van der Waals surface area contributed by atoms with Crippen LogP contribution in [0.25, 0.3) is 0 Å². The van der Waals surface area contributed by atoms with Crippen molar-refractivity contribution in [3.05, 3.63) is 11.1 Å². The quantitative estimate of drug-likeness (QED) is 0.551. The van der Waals surface area contributed by atoms with Crippen molar-refractivity contribution < 1.29 is 14.3 Å². The van der Waals surface area contributed by atoms with Gasteiger partial charge >= 0.3 is 0 Å². The first-order valence-corrected chi connectivity index (χ1v) is 9.78. The molecule has 0 saturated heterocycles. The van der Waals surface area contributed by atoms with Gasteiger partial charge in [-0.25, -0.2) is 0 Å². The highest BCUT2D eigenvalue weighted by molar-refractivity contribution is 5.87. The molecule has 24 heavy (non-hydrogen) atoms. The Hall–Kier alpha value is -0.670. The van der Waals surface area contributed by atoms with E-state index in [0.717, 1.165) is 38.5 Å². The van der Waals surface area contributed by atoms with Gasteiger partial charge in [-0.3, -0.25) is 4.79 Å². The van der Waals surface area contributed by atoms with Gasteiger partial charge in [0.05, 0.1) is 0 Å². The van der Waals surface area contributed by atoms with Crippen LogP contribution in [0.1, 0.15) is 65.2 Å². The lowest BCUT2D eigenvalue weighted by Gasteiger charge is -2.53. The Balaban J connectivity index is 1.66. The van der Waals surface area contributed by atoms with Gasteiger partial charge in [-0.1, -0.05) is 25.0 Å². The lowest BCUT2D eigenvalue weighted by molar-refractivity contribution is -0.213. The third kappa shape index (κ3) is 2.20. The lowest BCUT2D eigenvalue weighted by atomic mass is 9.51. The fourth-order valence-corrected chi connectivity index (χ4v) is 6.80. The molecule has 0 aliphatic heterocycles. The number of allylic oxidation sites excluding steroid dienone is 1. The summed E-state index contributed by atoms with van der Waals surface area (Å²) in [5.74, 6) is 2.85. The van der Waals surface area contributed by atoms with Crippen molar-refractivity contribution in [2.45, 2.75) is 71.0 Å². The van der Waals surface area contributed by atoms with Gasteiger partial charge in [0, 0.05) is 38.9 Å². The normalized spacial score (nSPS) is 44.1. The monoisotopic (exact) mass is 332 g/mol. The topological polar surface area (TPSA) is 35.5 Å². The zero-order valence-corrected chi connectivity index (χ0v) is 15.7. The number of hydrogen-bond acceptors (Lipinski definition) is 3. The Bertz CT molecular complexity index is 574. The minimum atomic E-state index is -0.405. The standard InChI is InChI=1S/C21H32O3/c1-13-11-14-12-21(23-3,24-4)10-8-15(14)16-7-9-20(2)17(19(13)16)5-6-18(20)22/h13,16-17,19H,5-12H2,1-4H3/t13-,16+,17-,19+,20-/m0/s1. The van der Waals surface area contributed by atoms with Crippen LogP contribution in [0.4, 0.5) is 0 Å². The molecule has 0 radical (unpaired) electrons. The van der Waals surface area contributed by atoms with E-state index in [2.05, 4.69) is 13.8 Å². The Morgan fingerprint density at radius 1 is 1.08 bits per heavy atom. The molecule has 4 rings (SSSR count). The summed E-state index contributed by atoms with van der Waals surface area (Å²) in [5, 5.41) is 0. The van der Waals surface area contributed by atoms with E-state index < -0.39 is 5.79 Å². The van der Waals surface area contributed by atoms with Crippen LogP contribution in [-0.4, -0.2) is 25.8 Å². The minimum absolute atomic E-state index is 0.0228. The highest BCUT2D eigenvalue weighted by atomic mass is 16.7. The summed E-state index contributed by atoms with van der Waals surface area (Å²) in [6, 6.07) is 0. The molecule has 5 atom stereocenters. The van der Waals surface area contributed by atoms with Crippen LogP contribution in [0, 0.1) is 29.1 Å². The molecule has 2 fully saturated rings. The highest BCUT2D eigenvalue weighted by Gasteiger charge is 2.57. The van der Waals surface area contributed by atoms with Crippen LogP contribution in [0.3, 0.4) is 0 Å². The predicted octanol–water partition coefficient (Wildman–Crippen LogP) is 4.51. The van der Waals surface area contributed by atoms with Crippen LogP contribution in [0.2, 0.25) is 0 Å². The van der Waals surface area contributed by atoms with Crippen molar-refractivity contribution in [1.29, 1.82) is 0 Å². The Labute approximate surface area is 146 Å². The van der Waals surface area contributed by atoms with Gasteiger partial charge in [0.1, 0.15) is 5.78 Å². The van der Waals surface area contributed by atoms with Crippen molar-refractivity contribution in [3.63, 3.8) is 0 Å². The second-order valence-corrected chi connectivity index (χ2v) is 9.01. The maximum atomic E-state index is 12.5. The van der Waals surface area contributed by atoms with Crippen molar-refractivity contribution >= 4 is 5.78 Å². The fraction of sp³-hybridized carbons (Fsp3) is 0.857. The molecule has 0 bridgehead atoms. The van der Waals surface area contributed by atoms with E-state index in [4.69, 9.17) is 9.47 Å². The summed E-state index contributed by atoms with van der Waals surface area (Å²) >= 11 is 0. The average Bonchev–Trinajstić information content (AvgIpc) is 2.89. The van der Waals surface area contributed by atoms with E-state index >= 15 is 0 Å². The van der Waals surface area contributed by atoms with Gasteiger partial charge in [0.2, 0.25) is 0 Å². The van der Waals surface area contributed by atoms with E-state index in [-0.39, 0.29) is 5.41 Å². The van der Waals surface area contributed by atoms with Crippen LogP contribution >= 0.6 is 0 Å². The molecule has 3 nitrogen and oxygen atoms in total. The number of ether oxygens (including phenoxy) is 2. The number of fused-ring (bicyclic) bond motifs is 4. The summed E-state index contributed by atoms with van der Waals surface area (Å²) in [6.07, 6.45) is 8.44. The fourth-order valence-electron chi connectivity index (χ4n) is 6.80. The molecule has 4 aliphatic rings. The van der Waals surface area contributed by atoms with E-state index in [0.29, 0.717) is 29.5 Å². The number of rotatable bonds is 2. The molecule has 0 N–H and O–H groups in total. The number of hydrogen-bond donors (Lipinski definition) is 0. The Morgan fingerprint density at radius 3 is 2.54 bits per heavy atom. The van der Waals surface area contributed by atoms with Crippen LogP contribution in [0.15, 0.2) is 11.1 Å². The molecule has 3 heteroatoms. The summed E-state index contributed by atoms with van der Waals surface area (Å²) in [7, 11) is 3.56. The zero-order chi connectivity index (χ0) is 17.1. The maximum absolute atomic E-state index is 12.5. The summed E-state index contributed by atoms with van der Waals surface area (Å²) < 4.78 is 11.5. The number of carbonyl (C=O) groups excluding carboxylic acids is 1. The smallest absolute Gasteiger partial charge is 0.171 e. The number of Topliss-reactive ketones (excluding diaryl/α,β-unsaturated/α-hetero) is 1. The molecule has 0 aromatic rings. The molecule has 0 spiro atoms. The van der Waals surface area contributed by atoms with Crippen LogP contribution in [-0.2, 0) is 14.3 Å². The Kier molecular flexibility index (Phi) is 3.96. The summed E-state index contributed by atoms with van der Waals surface area (Å²) in [5.41, 5.74) is 3.29. The highest BCUT2D eigenvalue weighted by Crippen LogP contribution is 2.61. The number of ketones is 1. The number of methoxy groups -OCH3 is 2. The summed E-state index contributed by atoms with van der Waals surface area (Å²) in [4.78, 5) is 12.5. The first kappa shape index (κ1) is 16.8. The molecule has 0 unspecified atom stereocenters. The minimum Gasteiger partial charge on any atom is -0.353 e. The largest absolute Gasteiger partial charge is 0.353 e. The van der Waals surface area contributed by atoms with E-state index in [9.17, 15) is 4.79 Å². The molecule has 0 aromatic carbocycles.